The van der Waals surface area contributed by atoms with Crippen molar-refractivity contribution in [2.24, 2.45) is 5.92 Å². The van der Waals surface area contributed by atoms with Gasteiger partial charge in [-0.05, 0) is 62.1 Å². The van der Waals surface area contributed by atoms with Crippen molar-refractivity contribution in [1.29, 1.82) is 0 Å². The Hall–Kier alpha value is -3.33. The second-order valence-electron chi connectivity index (χ2n) is 8.61. The van der Waals surface area contributed by atoms with E-state index in [4.69, 9.17) is 4.74 Å². The molecule has 0 fully saturated rings. The van der Waals surface area contributed by atoms with E-state index in [1.807, 2.05) is 57.4 Å². The summed E-state index contributed by atoms with van der Waals surface area (Å²) < 4.78 is 7.13. The van der Waals surface area contributed by atoms with Crippen LogP contribution in [0.1, 0.15) is 54.1 Å². The van der Waals surface area contributed by atoms with Crippen LogP contribution < -0.4 is 15.4 Å². The predicted octanol–water partition coefficient (Wildman–Crippen LogP) is 4.78. The normalized spacial score (nSPS) is 11.9. The van der Waals surface area contributed by atoms with Gasteiger partial charge in [-0.1, -0.05) is 43.8 Å². The maximum absolute atomic E-state index is 12.9. The molecular weight excluding hydrogens is 462 g/mol. The highest BCUT2D eigenvalue weighted by Gasteiger charge is 2.26. The number of para-hydroxylation sites is 1. The Bertz CT molecular complexity index is 1150. The van der Waals surface area contributed by atoms with Crippen LogP contribution in [0.2, 0.25) is 0 Å². The van der Waals surface area contributed by atoms with Crippen molar-refractivity contribution in [3.05, 3.63) is 65.0 Å². The standard InChI is InChI=1S/C26H33N5O3S/c1-7-31-24(22(16(2)3)28-25(33)19-11-13-20(34-6)14-12-19)29-30-26(31)35-15-21(32)27-23-17(4)9-8-10-18(23)5/h8-14,16,22H,7,15H2,1-6H3,(H,27,32)(H,28,33). The average Bonchev–Trinajstić information content (AvgIpc) is 3.25. The van der Waals surface area contributed by atoms with E-state index in [9.17, 15) is 9.59 Å². The zero-order chi connectivity index (χ0) is 25.5. The number of nitrogens with one attached hydrogen (secondary N) is 2. The number of nitrogens with zero attached hydrogens (tertiary/aromatic N) is 3. The van der Waals surface area contributed by atoms with Crippen LogP contribution in [0.5, 0.6) is 5.75 Å². The highest BCUT2D eigenvalue weighted by atomic mass is 32.2. The summed E-state index contributed by atoms with van der Waals surface area (Å²) in [5, 5.41) is 15.5. The molecule has 2 N–H and O–H groups in total. The van der Waals surface area contributed by atoms with Gasteiger partial charge in [0.1, 0.15) is 5.75 Å². The highest BCUT2D eigenvalue weighted by Crippen LogP contribution is 2.26. The Balaban J connectivity index is 1.72. The molecule has 3 aromatic rings. The van der Waals surface area contributed by atoms with Gasteiger partial charge < -0.3 is 19.9 Å². The molecule has 1 heterocycles. The minimum atomic E-state index is -0.338. The minimum absolute atomic E-state index is 0.0804. The quantitative estimate of drug-likeness (QED) is 0.393. The summed E-state index contributed by atoms with van der Waals surface area (Å²) in [6, 6.07) is 12.6. The molecule has 0 aliphatic heterocycles. The van der Waals surface area contributed by atoms with E-state index < -0.39 is 0 Å². The number of amides is 2. The van der Waals surface area contributed by atoms with Crippen LogP contribution in [0.3, 0.4) is 0 Å². The number of anilines is 1. The smallest absolute Gasteiger partial charge is 0.251 e. The van der Waals surface area contributed by atoms with Gasteiger partial charge in [-0.3, -0.25) is 9.59 Å². The van der Waals surface area contributed by atoms with E-state index in [2.05, 4.69) is 20.8 Å². The monoisotopic (exact) mass is 495 g/mol. The van der Waals surface area contributed by atoms with Gasteiger partial charge in [-0.2, -0.15) is 0 Å². The first kappa shape index (κ1) is 26.3. The molecule has 3 rings (SSSR count). The third kappa shape index (κ3) is 6.42. The lowest BCUT2D eigenvalue weighted by molar-refractivity contribution is -0.113. The lowest BCUT2D eigenvalue weighted by atomic mass is 10.0. The minimum Gasteiger partial charge on any atom is -0.497 e. The third-order valence-electron chi connectivity index (χ3n) is 5.72. The zero-order valence-corrected chi connectivity index (χ0v) is 21.9. The fourth-order valence-corrected chi connectivity index (χ4v) is 4.56. The van der Waals surface area contributed by atoms with Crippen LogP contribution >= 0.6 is 11.8 Å². The number of hydrogen-bond acceptors (Lipinski definition) is 6. The van der Waals surface area contributed by atoms with E-state index in [-0.39, 0.29) is 29.5 Å². The number of aryl methyl sites for hydroxylation is 2. The number of benzene rings is 2. The van der Waals surface area contributed by atoms with Crippen LogP contribution in [0, 0.1) is 19.8 Å². The van der Waals surface area contributed by atoms with Gasteiger partial charge in [-0.25, -0.2) is 0 Å². The van der Waals surface area contributed by atoms with E-state index in [0.717, 1.165) is 16.8 Å². The van der Waals surface area contributed by atoms with Crippen molar-refractivity contribution in [2.75, 3.05) is 18.2 Å². The lowest BCUT2D eigenvalue weighted by Crippen LogP contribution is -2.33. The molecule has 1 unspecified atom stereocenters. The summed E-state index contributed by atoms with van der Waals surface area (Å²) in [6.45, 7) is 10.6. The molecule has 2 amide bonds. The van der Waals surface area contributed by atoms with Gasteiger partial charge in [0, 0.05) is 17.8 Å². The van der Waals surface area contributed by atoms with Gasteiger partial charge in [0.15, 0.2) is 11.0 Å². The van der Waals surface area contributed by atoms with Crippen molar-refractivity contribution < 1.29 is 14.3 Å². The van der Waals surface area contributed by atoms with Crippen LogP contribution in [0.25, 0.3) is 0 Å². The molecule has 0 saturated carbocycles. The second kappa shape index (κ2) is 11.9. The number of ether oxygens (including phenoxy) is 1. The molecule has 0 radical (unpaired) electrons. The molecule has 9 heteroatoms. The van der Waals surface area contributed by atoms with E-state index in [1.54, 1.807) is 31.4 Å². The maximum Gasteiger partial charge on any atom is 0.251 e. The summed E-state index contributed by atoms with van der Waals surface area (Å²) in [6.07, 6.45) is 0. The number of methoxy groups -OCH3 is 1. The van der Waals surface area contributed by atoms with Crippen molar-refractivity contribution in [3.8, 4) is 5.75 Å². The highest BCUT2D eigenvalue weighted by molar-refractivity contribution is 7.99. The average molecular weight is 496 g/mol. The molecule has 0 saturated heterocycles. The van der Waals surface area contributed by atoms with Gasteiger partial charge in [0.25, 0.3) is 5.91 Å². The van der Waals surface area contributed by atoms with E-state index in [0.29, 0.717) is 28.8 Å². The Morgan fingerprint density at radius 3 is 2.29 bits per heavy atom. The number of carbonyl (C=O) groups is 2. The molecule has 0 aliphatic carbocycles. The Morgan fingerprint density at radius 1 is 1.06 bits per heavy atom. The fourth-order valence-electron chi connectivity index (χ4n) is 3.75. The molecule has 2 aromatic carbocycles. The van der Waals surface area contributed by atoms with Crippen LogP contribution in [0.15, 0.2) is 47.6 Å². The Kier molecular flexibility index (Phi) is 8.92. The molecule has 186 valence electrons. The summed E-state index contributed by atoms with van der Waals surface area (Å²) in [4.78, 5) is 25.5. The number of thioether (sulfide) groups is 1. The molecule has 0 aliphatic rings. The van der Waals surface area contributed by atoms with Crippen LogP contribution in [0.4, 0.5) is 5.69 Å². The Labute approximate surface area is 210 Å². The molecule has 0 spiro atoms. The first-order valence-corrected chi connectivity index (χ1v) is 12.6. The Morgan fingerprint density at radius 2 is 1.71 bits per heavy atom. The number of carbonyl (C=O) groups excluding carboxylic acids is 2. The summed E-state index contributed by atoms with van der Waals surface area (Å²) >= 11 is 1.33. The number of aromatic nitrogens is 3. The van der Waals surface area contributed by atoms with Crippen LogP contribution in [-0.2, 0) is 11.3 Å². The molecule has 35 heavy (non-hydrogen) atoms. The number of hydrogen-bond donors (Lipinski definition) is 2. The molecule has 1 aromatic heterocycles. The first-order valence-electron chi connectivity index (χ1n) is 11.6. The fraction of sp³-hybridized carbons (Fsp3) is 0.385. The second-order valence-corrected chi connectivity index (χ2v) is 9.55. The van der Waals surface area contributed by atoms with Gasteiger partial charge in [0.05, 0.1) is 18.9 Å². The first-order chi connectivity index (χ1) is 16.7. The van der Waals surface area contributed by atoms with E-state index in [1.165, 1.54) is 11.8 Å². The SMILES string of the molecule is CCn1c(SCC(=O)Nc2c(C)cccc2C)nnc1C(NC(=O)c1ccc(OC)cc1)C(C)C. The third-order valence-corrected chi connectivity index (χ3v) is 6.69. The topological polar surface area (TPSA) is 98.1 Å². The summed E-state index contributed by atoms with van der Waals surface area (Å²) in [5.74, 6) is 1.35. The summed E-state index contributed by atoms with van der Waals surface area (Å²) in [7, 11) is 1.59. The van der Waals surface area contributed by atoms with Gasteiger partial charge in [-0.15, -0.1) is 10.2 Å². The largest absolute Gasteiger partial charge is 0.497 e. The van der Waals surface area contributed by atoms with Crippen molar-refractivity contribution >= 4 is 29.3 Å². The number of rotatable bonds is 10. The zero-order valence-electron chi connectivity index (χ0n) is 21.1. The van der Waals surface area contributed by atoms with Crippen molar-refractivity contribution in [2.45, 2.75) is 52.4 Å². The van der Waals surface area contributed by atoms with Crippen molar-refractivity contribution in [3.63, 3.8) is 0 Å². The van der Waals surface area contributed by atoms with Crippen molar-refractivity contribution in [1.82, 2.24) is 20.1 Å². The van der Waals surface area contributed by atoms with Crippen LogP contribution in [-0.4, -0.2) is 39.4 Å². The van der Waals surface area contributed by atoms with Gasteiger partial charge in [0.2, 0.25) is 5.91 Å². The molecular formula is C26H33N5O3S. The van der Waals surface area contributed by atoms with Gasteiger partial charge >= 0.3 is 0 Å². The predicted molar refractivity (Wildman–Crippen MR) is 139 cm³/mol. The lowest BCUT2D eigenvalue weighted by Gasteiger charge is -2.22. The van der Waals surface area contributed by atoms with E-state index >= 15 is 0 Å². The molecule has 8 nitrogen and oxygen atoms in total. The molecule has 0 bridgehead atoms. The molecule has 1 atom stereocenters. The summed E-state index contributed by atoms with van der Waals surface area (Å²) in [5.41, 5.74) is 3.43. The maximum atomic E-state index is 12.9.